The third-order valence-corrected chi connectivity index (χ3v) is 3.41. The summed E-state index contributed by atoms with van der Waals surface area (Å²) in [6.45, 7) is 7.64. The Balaban J connectivity index is 2.37. The third kappa shape index (κ3) is 3.27. The van der Waals surface area contributed by atoms with E-state index in [9.17, 15) is 9.59 Å². The van der Waals surface area contributed by atoms with Crippen molar-refractivity contribution >= 4 is 11.6 Å². The van der Waals surface area contributed by atoms with Crippen LogP contribution in [0.1, 0.15) is 41.4 Å². The molecule has 0 unspecified atom stereocenters. The number of aromatic nitrogens is 2. The molecule has 1 N–H and O–H groups in total. The lowest BCUT2D eigenvalue weighted by atomic mass is 10.1. The van der Waals surface area contributed by atoms with E-state index < -0.39 is 0 Å². The number of amides is 1. The van der Waals surface area contributed by atoms with Crippen LogP contribution in [0.4, 0.5) is 5.69 Å². The van der Waals surface area contributed by atoms with E-state index in [1.54, 1.807) is 27.0 Å². The Morgan fingerprint density at radius 2 is 2.05 bits per heavy atom. The molecule has 0 aliphatic heterocycles. The number of hydrogen-bond donors (Lipinski definition) is 1. The van der Waals surface area contributed by atoms with Gasteiger partial charge in [0.05, 0.1) is 0 Å². The maximum Gasteiger partial charge on any atom is 0.258 e. The number of H-pyrrole nitrogens is 1. The molecule has 22 heavy (non-hydrogen) atoms. The average molecular weight is 303 g/mol. The van der Waals surface area contributed by atoms with E-state index in [4.69, 9.17) is 4.52 Å². The lowest BCUT2D eigenvalue weighted by molar-refractivity contribution is 0.0992. The van der Waals surface area contributed by atoms with Gasteiger partial charge in [-0.05, 0) is 32.3 Å². The molecule has 0 atom stereocenters. The first-order valence-electron chi connectivity index (χ1n) is 7.23. The summed E-state index contributed by atoms with van der Waals surface area (Å²) >= 11 is 0. The van der Waals surface area contributed by atoms with Crippen molar-refractivity contribution in [1.82, 2.24) is 10.1 Å². The Kier molecular flexibility index (Phi) is 4.49. The summed E-state index contributed by atoms with van der Waals surface area (Å²) in [6.07, 6.45) is 0.714. The minimum atomic E-state index is -0.270. The number of hydrogen-bond acceptors (Lipinski definition) is 4. The van der Waals surface area contributed by atoms with E-state index >= 15 is 0 Å². The third-order valence-electron chi connectivity index (χ3n) is 3.41. The van der Waals surface area contributed by atoms with Crippen molar-refractivity contribution in [2.75, 3.05) is 11.9 Å². The average Bonchev–Trinajstić information content (AvgIpc) is 2.75. The highest BCUT2D eigenvalue weighted by atomic mass is 16.5. The molecule has 2 aromatic heterocycles. The van der Waals surface area contributed by atoms with E-state index in [1.165, 1.54) is 11.0 Å². The number of nitrogens with zero attached hydrogens (tertiary/aromatic N) is 2. The fourth-order valence-corrected chi connectivity index (χ4v) is 2.53. The van der Waals surface area contributed by atoms with E-state index in [0.717, 1.165) is 5.69 Å². The van der Waals surface area contributed by atoms with Gasteiger partial charge in [-0.3, -0.25) is 9.59 Å². The minimum absolute atomic E-state index is 0.259. The summed E-state index contributed by atoms with van der Waals surface area (Å²) in [5.74, 6) is 0.701. The standard InChI is InChI=1S/C16H21N3O3/c1-9(2)6-13-7-12(8-14(20)17-13)16(21)19(5)15-10(3)18-22-11(15)4/h7-9H,6H2,1-5H3,(H,17,20). The van der Waals surface area contributed by atoms with Gasteiger partial charge in [-0.15, -0.1) is 0 Å². The lowest BCUT2D eigenvalue weighted by Crippen LogP contribution is -2.28. The summed E-state index contributed by atoms with van der Waals surface area (Å²) in [4.78, 5) is 28.7. The van der Waals surface area contributed by atoms with Crippen LogP contribution in [0.2, 0.25) is 0 Å². The van der Waals surface area contributed by atoms with Crippen molar-refractivity contribution in [1.29, 1.82) is 0 Å². The molecule has 0 aromatic carbocycles. The van der Waals surface area contributed by atoms with Crippen molar-refractivity contribution in [3.63, 3.8) is 0 Å². The van der Waals surface area contributed by atoms with Crippen LogP contribution in [0, 0.1) is 19.8 Å². The molecule has 0 saturated carbocycles. The molecule has 6 nitrogen and oxygen atoms in total. The van der Waals surface area contributed by atoms with Gasteiger partial charge >= 0.3 is 0 Å². The molecule has 2 aromatic rings. The van der Waals surface area contributed by atoms with Gasteiger partial charge in [-0.2, -0.15) is 0 Å². The van der Waals surface area contributed by atoms with Gasteiger partial charge in [-0.25, -0.2) is 0 Å². The Labute approximate surface area is 129 Å². The zero-order valence-electron chi connectivity index (χ0n) is 13.6. The molecule has 6 heteroatoms. The number of pyridine rings is 1. The van der Waals surface area contributed by atoms with Crippen LogP contribution in [0.3, 0.4) is 0 Å². The maximum atomic E-state index is 12.6. The molecule has 0 aliphatic carbocycles. The zero-order valence-corrected chi connectivity index (χ0v) is 13.6. The predicted octanol–water partition coefficient (Wildman–Crippen LogP) is 2.45. The lowest BCUT2D eigenvalue weighted by Gasteiger charge is -2.17. The van der Waals surface area contributed by atoms with Gasteiger partial charge in [-0.1, -0.05) is 19.0 Å². The maximum absolute atomic E-state index is 12.6. The monoisotopic (exact) mass is 303 g/mol. The van der Waals surface area contributed by atoms with Gasteiger partial charge in [0.1, 0.15) is 11.4 Å². The van der Waals surface area contributed by atoms with Crippen molar-refractivity contribution in [3.8, 4) is 0 Å². The quantitative estimate of drug-likeness (QED) is 0.941. The molecule has 0 radical (unpaired) electrons. The normalized spacial score (nSPS) is 11.0. The number of carbonyl (C=O) groups excluding carboxylic acids is 1. The van der Waals surface area contributed by atoms with Crippen LogP contribution in [-0.2, 0) is 6.42 Å². The van der Waals surface area contributed by atoms with Crippen LogP contribution < -0.4 is 10.5 Å². The Morgan fingerprint density at radius 3 is 2.59 bits per heavy atom. The Morgan fingerprint density at radius 1 is 1.36 bits per heavy atom. The van der Waals surface area contributed by atoms with Crippen molar-refractivity contribution in [2.45, 2.75) is 34.1 Å². The molecular weight excluding hydrogens is 282 g/mol. The molecule has 0 saturated heterocycles. The SMILES string of the molecule is Cc1noc(C)c1N(C)C(=O)c1cc(CC(C)C)[nH]c(=O)c1. The summed E-state index contributed by atoms with van der Waals surface area (Å²) in [5, 5.41) is 3.85. The summed E-state index contributed by atoms with van der Waals surface area (Å²) in [5.41, 5.74) is 2.13. The highest BCUT2D eigenvalue weighted by Crippen LogP contribution is 2.24. The Hall–Kier alpha value is -2.37. The Bertz CT molecular complexity index is 724. The van der Waals surface area contributed by atoms with Gasteiger partial charge in [0.15, 0.2) is 5.76 Å². The molecule has 2 heterocycles. The molecule has 0 aliphatic rings. The summed E-state index contributed by atoms with van der Waals surface area (Å²) in [6, 6.07) is 3.05. The van der Waals surface area contributed by atoms with Gasteiger partial charge in [0.2, 0.25) is 5.56 Å². The van der Waals surface area contributed by atoms with E-state index in [2.05, 4.69) is 24.0 Å². The van der Waals surface area contributed by atoms with E-state index in [0.29, 0.717) is 35.0 Å². The van der Waals surface area contributed by atoms with Gasteiger partial charge < -0.3 is 14.4 Å². The zero-order chi connectivity index (χ0) is 16.4. The largest absolute Gasteiger partial charge is 0.359 e. The first kappa shape index (κ1) is 16.0. The first-order chi connectivity index (χ1) is 10.3. The molecule has 118 valence electrons. The highest BCUT2D eigenvalue weighted by molar-refractivity contribution is 6.06. The van der Waals surface area contributed by atoms with Gasteiger partial charge in [0, 0.05) is 24.4 Å². The second-order valence-corrected chi connectivity index (χ2v) is 5.89. The van der Waals surface area contributed by atoms with Crippen LogP contribution in [-0.4, -0.2) is 23.1 Å². The number of aromatic amines is 1. The smallest absolute Gasteiger partial charge is 0.258 e. The van der Waals surface area contributed by atoms with E-state index in [-0.39, 0.29) is 11.5 Å². The van der Waals surface area contributed by atoms with E-state index in [1.807, 2.05) is 0 Å². The number of nitrogens with one attached hydrogen (secondary N) is 1. The predicted molar refractivity (Wildman–Crippen MR) is 84.3 cm³/mol. The number of aryl methyl sites for hydroxylation is 2. The fourth-order valence-electron chi connectivity index (χ4n) is 2.53. The van der Waals surface area contributed by atoms with Crippen molar-refractivity contribution in [2.24, 2.45) is 5.92 Å². The second-order valence-electron chi connectivity index (χ2n) is 5.89. The molecule has 0 spiro atoms. The molecule has 0 bridgehead atoms. The minimum Gasteiger partial charge on any atom is -0.359 e. The summed E-state index contributed by atoms with van der Waals surface area (Å²) in [7, 11) is 1.65. The van der Waals surface area contributed by atoms with Crippen LogP contribution in [0.25, 0.3) is 0 Å². The highest BCUT2D eigenvalue weighted by Gasteiger charge is 2.21. The topological polar surface area (TPSA) is 79.2 Å². The molecule has 2 rings (SSSR count). The fraction of sp³-hybridized carbons (Fsp3) is 0.438. The van der Waals surface area contributed by atoms with Crippen LogP contribution in [0.5, 0.6) is 0 Å². The van der Waals surface area contributed by atoms with Crippen molar-refractivity contribution in [3.05, 3.63) is 45.2 Å². The first-order valence-corrected chi connectivity index (χ1v) is 7.23. The number of carbonyl (C=O) groups is 1. The molecule has 0 fully saturated rings. The number of anilines is 1. The summed E-state index contributed by atoms with van der Waals surface area (Å²) < 4.78 is 5.09. The van der Waals surface area contributed by atoms with Crippen LogP contribution >= 0.6 is 0 Å². The number of rotatable bonds is 4. The molecule has 1 amide bonds. The second kappa shape index (κ2) is 6.17. The van der Waals surface area contributed by atoms with Crippen LogP contribution in [0.15, 0.2) is 21.5 Å². The van der Waals surface area contributed by atoms with Gasteiger partial charge in [0.25, 0.3) is 5.91 Å². The van der Waals surface area contributed by atoms with Crippen molar-refractivity contribution < 1.29 is 9.32 Å². The molecular formula is C16H21N3O3.